The van der Waals surface area contributed by atoms with Crippen molar-refractivity contribution < 1.29 is 9.90 Å². The Kier molecular flexibility index (Phi) is 7.32. The summed E-state index contributed by atoms with van der Waals surface area (Å²) >= 11 is 0. The summed E-state index contributed by atoms with van der Waals surface area (Å²) in [5.41, 5.74) is 7.15. The van der Waals surface area contributed by atoms with Gasteiger partial charge in [-0.2, -0.15) is 0 Å². The first-order valence-corrected chi connectivity index (χ1v) is 8.15. The highest BCUT2D eigenvalue weighted by Crippen LogP contribution is 2.15. The Morgan fingerprint density at radius 3 is 2.04 bits per heavy atom. The number of aliphatic carboxylic acids is 1. The zero-order valence-corrected chi connectivity index (χ0v) is 13.7. The molecule has 1 atom stereocenters. The van der Waals surface area contributed by atoms with E-state index in [0.717, 1.165) is 24.2 Å². The summed E-state index contributed by atoms with van der Waals surface area (Å²) in [4.78, 5) is 22.2. The first kappa shape index (κ1) is 18.0. The summed E-state index contributed by atoms with van der Waals surface area (Å²) in [6, 6.07) is 10.5. The quantitative estimate of drug-likeness (QED) is 0.646. The van der Waals surface area contributed by atoms with E-state index in [1.165, 1.54) is 0 Å². The van der Waals surface area contributed by atoms with Crippen LogP contribution in [0.15, 0.2) is 48.8 Å². The van der Waals surface area contributed by atoms with Crippen molar-refractivity contribution in [3.05, 3.63) is 60.2 Å². The number of hydrogen-bond donors (Lipinski definition) is 1. The zero-order valence-electron chi connectivity index (χ0n) is 13.7. The lowest BCUT2D eigenvalue weighted by atomic mass is 10.1. The maximum absolute atomic E-state index is 11.7. The number of nitrogens with zero attached hydrogens (tertiary/aromatic N) is 3. The number of hydrogen-bond acceptors (Lipinski definition) is 6. The van der Waals surface area contributed by atoms with Crippen LogP contribution in [0.1, 0.15) is 30.7 Å². The normalized spacial score (nSPS) is 12.2. The molecular formula is C18H23N4O2-. The van der Waals surface area contributed by atoms with E-state index in [1.807, 2.05) is 41.3 Å². The third kappa shape index (κ3) is 5.72. The molecule has 2 heterocycles. The maximum Gasteiger partial charge on any atom is 0.0586 e. The standard InChI is InChI=1S/C18H24N4O2/c19-10-4-1-9-17(18(23)24)22(13-15-7-2-5-11-20-15)14-16-8-3-6-12-21-16/h2-3,5-8,11-12,17H,1,4,9-10,13-14,19H2,(H,23,24)/p-1. The van der Waals surface area contributed by atoms with Crippen LogP contribution < -0.4 is 10.8 Å². The Balaban J connectivity index is 2.17. The van der Waals surface area contributed by atoms with Crippen LogP contribution in [0, 0.1) is 0 Å². The minimum absolute atomic E-state index is 0.429. The molecule has 24 heavy (non-hydrogen) atoms. The lowest BCUT2D eigenvalue weighted by Crippen LogP contribution is -2.47. The van der Waals surface area contributed by atoms with Gasteiger partial charge in [-0.25, -0.2) is 0 Å². The minimum Gasteiger partial charge on any atom is -0.548 e. The number of carboxylic acid groups (broad SMARTS) is 1. The van der Waals surface area contributed by atoms with Crippen molar-refractivity contribution in [3.8, 4) is 0 Å². The third-order valence-electron chi connectivity index (χ3n) is 3.83. The summed E-state index contributed by atoms with van der Waals surface area (Å²) < 4.78 is 0. The Morgan fingerprint density at radius 2 is 1.62 bits per heavy atom. The molecule has 2 aromatic rings. The Morgan fingerprint density at radius 1 is 1.04 bits per heavy atom. The molecule has 0 aliphatic heterocycles. The van der Waals surface area contributed by atoms with Gasteiger partial charge < -0.3 is 15.6 Å². The average Bonchev–Trinajstić information content (AvgIpc) is 2.60. The van der Waals surface area contributed by atoms with Crippen LogP contribution in [-0.2, 0) is 17.9 Å². The van der Waals surface area contributed by atoms with Crippen LogP contribution in [0.5, 0.6) is 0 Å². The fourth-order valence-electron chi connectivity index (χ4n) is 2.61. The molecule has 2 aromatic heterocycles. The lowest BCUT2D eigenvalue weighted by molar-refractivity contribution is -0.312. The molecule has 0 bridgehead atoms. The van der Waals surface area contributed by atoms with E-state index in [9.17, 15) is 9.90 Å². The molecule has 0 fully saturated rings. The van der Waals surface area contributed by atoms with E-state index < -0.39 is 12.0 Å². The molecule has 0 radical (unpaired) electrons. The second-order valence-corrected chi connectivity index (χ2v) is 5.67. The molecule has 0 saturated carbocycles. The first-order chi connectivity index (χ1) is 11.7. The van der Waals surface area contributed by atoms with Crippen molar-refractivity contribution in [3.63, 3.8) is 0 Å². The summed E-state index contributed by atoms with van der Waals surface area (Å²) in [7, 11) is 0. The number of unbranched alkanes of at least 4 members (excludes halogenated alkanes) is 1. The van der Waals surface area contributed by atoms with Gasteiger partial charge in [0.2, 0.25) is 0 Å². The highest BCUT2D eigenvalue weighted by molar-refractivity contribution is 5.71. The molecular weight excluding hydrogens is 304 g/mol. The van der Waals surface area contributed by atoms with Crippen molar-refractivity contribution in [1.82, 2.24) is 14.9 Å². The zero-order chi connectivity index (χ0) is 17.2. The molecule has 6 nitrogen and oxygen atoms in total. The van der Waals surface area contributed by atoms with Gasteiger partial charge >= 0.3 is 0 Å². The van der Waals surface area contributed by atoms with Gasteiger partial charge in [0.1, 0.15) is 0 Å². The van der Waals surface area contributed by atoms with E-state index in [0.29, 0.717) is 26.1 Å². The monoisotopic (exact) mass is 327 g/mol. The van der Waals surface area contributed by atoms with E-state index in [-0.39, 0.29) is 0 Å². The van der Waals surface area contributed by atoms with E-state index in [2.05, 4.69) is 9.97 Å². The predicted molar refractivity (Wildman–Crippen MR) is 89.4 cm³/mol. The van der Waals surface area contributed by atoms with Crippen LogP contribution >= 0.6 is 0 Å². The number of pyridine rings is 2. The van der Waals surface area contributed by atoms with Crippen LogP contribution in [0.4, 0.5) is 0 Å². The second kappa shape index (κ2) is 9.75. The smallest absolute Gasteiger partial charge is 0.0586 e. The summed E-state index contributed by atoms with van der Waals surface area (Å²) in [5, 5.41) is 11.7. The largest absolute Gasteiger partial charge is 0.548 e. The molecule has 0 aliphatic rings. The van der Waals surface area contributed by atoms with Crippen molar-refractivity contribution in [2.24, 2.45) is 5.73 Å². The topological polar surface area (TPSA) is 95.2 Å². The summed E-state index contributed by atoms with van der Waals surface area (Å²) in [5.74, 6) is -1.07. The third-order valence-corrected chi connectivity index (χ3v) is 3.83. The fraction of sp³-hybridized carbons (Fsp3) is 0.389. The molecule has 0 aromatic carbocycles. The lowest BCUT2D eigenvalue weighted by Gasteiger charge is -2.32. The van der Waals surface area contributed by atoms with Crippen molar-refractivity contribution in [1.29, 1.82) is 0 Å². The minimum atomic E-state index is -1.07. The average molecular weight is 327 g/mol. The maximum atomic E-state index is 11.7. The Labute approximate surface area is 142 Å². The van der Waals surface area contributed by atoms with Gasteiger partial charge in [-0.15, -0.1) is 0 Å². The summed E-state index contributed by atoms with van der Waals surface area (Å²) in [6.07, 6.45) is 5.45. The SMILES string of the molecule is NCCCCC(C(=O)[O-])N(Cc1ccccn1)Cc1ccccn1. The number of carboxylic acids is 1. The van der Waals surface area contributed by atoms with E-state index in [4.69, 9.17) is 5.73 Å². The highest BCUT2D eigenvalue weighted by Gasteiger charge is 2.21. The van der Waals surface area contributed by atoms with Crippen LogP contribution in [0.25, 0.3) is 0 Å². The molecule has 0 spiro atoms. The van der Waals surface area contributed by atoms with E-state index in [1.54, 1.807) is 12.4 Å². The molecule has 0 aliphatic carbocycles. The van der Waals surface area contributed by atoms with Gasteiger partial charge in [0.15, 0.2) is 0 Å². The predicted octanol–water partition coefficient (Wildman–Crippen LogP) is 0.726. The molecule has 6 heteroatoms. The van der Waals surface area contributed by atoms with Gasteiger partial charge in [0, 0.05) is 25.5 Å². The molecule has 1 unspecified atom stereocenters. The van der Waals surface area contributed by atoms with Gasteiger partial charge in [-0.1, -0.05) is 18.6 Å². The Bertz CT molecular complexity index is 565. The van der Waals surface area contributed by atoms with Gasteiger partial charge in [0.05, 0.1) is 23.4 Å². The molecule has 0 amide bonds. The van der Waals surface area contributed by atoms with Gasteiger partial charge in [-0.3, -0.25) is 14.9 Å². The molecule has 2 N–H and O–H groups in total. The number of nitrogens with two attached hydrogens (primary N) is 1. The second-order valence-electron chi connectivity index (χ2n) is 5.67. The molecule has 2 rings (SSSR count). The van der Waals surface area contributed by atoms with Crippen LogP contribution in [0.2, 0.25) is 0 Å². The highest BCUT2D eigenvalue weighted by atomic mass is 16.4. The van der Waals surface area contributed by atoms with Crippen molar-refractivity contribution in [2.75, 3.05) is 6.54 Å². The van der Waals surface area contributed by atoms with Gasteiger partial charge in [-0.05, 0) is 43.7 Å². The fourth-order valence-corrected chi connectivity index (χ4v) is 2.61. The number of rotatable bonds is 10. The number of carbonyl (C=O) groups is 1. The Hall–Kier alpha value is -2.31. The van der Waals surface area contributed by atoms with Crippen molar-refractivity contribution in [2.45, 2.75) is 38.4 Å². The number of aromatic nitrogens is 2. The summed E-state index contributed by atoms with van der Waals surface area (Å²) in [6.45, 7) is 1.41. The van der Waals surface area contributed by atoms with Crippen LogP contribution in [-0.4, -0.2) is 33.4 Å². The number of carbonyl (C=O) groups excluding carboxylic acids is 1. The molecule has 128 valence electrons. The molecule has 0 saturated heterocycles. The first-order valence-electron chi connectivity index (χ1n) is 8.15. The van der Waals surface area contributed by atoms with Crippen LogP contribution in [0.3, 0.4) is 0 Å². The van der Waals surface area contributed by atoms with Gasteiger partial charge in [0.25, 0.3) is 0 Å². The van der Waals surface area contributed by atoms with E-state index >= 15 is 0 Å². The van der Waals surface area contributed by atoms with Crippen molar-refractivity contribution >= 4 is 5.97 Å².